The van der Waals surface area contributed by atoms with E-state index in [4.69, 9.17) is 21.3 Å². The first-order valence-corrected chi connectivity index (χ1v) is 13.4. The van der Waals surface area contributed by atoms with Gasteiger partial charge in [0.1, 0.15) is 17.8 Å². The Balaban J connectivity index is 1.42. The zero-order valence-corrected chi connectivity index (χ0v) is 22.3. The minimum Gasteiger partial charge on any atom is -0.470 e. The number of carbonyl (C=O) groups excluding carboxylic acids is 1. The van der Waals surface area contributed by atoms with Crippen molar-refractivity contribution in [2.45, 2.75) is 45.3 Å². The molecular formula is C28H30ClN7O2. The first kappa shape index (κ1) is 24.8. The van der Waals surface area contributed by atoms with E-state index in [1.54, 1.807) is 12.3 Å². The van der Waals surface area contributed by atoms with Crippen molar-refractivity contribution in [3.63, 3.8) is 0 Å². The van der Waals surface area contributed by atoms with Gasteiger partial charge in [-0.05, 0) is 75.5 Å². The molecule has 0 radical (unpaired) electrons. The van der Waals surface area contributed by atoms with Crippen molar-refractivity contribution < 1.29 is 9.53 Å². The Morgan fingerprint density at radius 1 is 1.13 bits per heavy atom. The molecule has 0 spiro atoms. The lowest BCUT2D eigenvalue weighted by Gasteiger charge is -2.20. The van der Waals surface area contributed by atoms with Gasteiger partial charge in [-0.1, -0.05) is 11.6 Å². The SMILES string of the molecule is Cc1ccnc(Cn2c(-c3ccc(C(=O)N4CCCNCC4)cc3Cl)nc3c(OC4(C)CC4)ncnc32)c1. The van der Waals surface area contributed by atoms with Crippen LogP contribution in [-0.2, 0) is 6.54 Å². The number of hydrogen-bond acceptors (Lipinski definition) is 7. The van der Waals surface area contributed by atoms with Crippen LogP contribution in [-0.4, -0.2) is 67.1 Å². The third-order valence-corrected chi connectivity index (χ3v) is 7.48. The molecule has 1 saturated heterocycles. The summed E-state index contributed by atoms with van der Waals surface area (Å²) in [7, 11) is 0. The summed E-state index contributed by atoms with van der Waals surface area (Å²) in [6.45, 7) is 7.67. The molecular weight excluding hydrogens is 502 g/mol. The Kier molecular flexibility index (Phi) is 6.49. The fourth-order valence-electron chi connectivity index (χ4n) is 4.77. The maximum atomic E-state index is 13.2. The zero-order chi connectivity index (χ0) is 26.3. The number of ether oxygens (including phenoxy) is 1. The molecule has 2 aliphatic rings. The number of pyridine rings is 1. The summed E-state index contributed by atoms with van der Waals surface area (Å²) in [5, 5.41) is 3.78. The lowest BCUT2D eigenvalue weighted by molar-refractivity contribution is 0.0766. The third kappa shape index (κ3) is 4.96. The standard InChI is InChI=1S/C28H30ClN7O2/c1-18-6-10-31-20(14-18)16-36-24(34-23-25(36)32-17-33-26(23)38-28(2)7-8-28)21-5-4-19(15-22(21)29)27(37)35-12-3-9-30-11-13-35/h4-6,10,14-15,17,30H,3,7-9,11-13,16H2,1-2H3. The fraction of sp³-hybridized carbons (Fsp3) is 0.393. The summed E-state index contributed by atoms with van der Waals surface area (Å²) < 4.78 is 8.22. The summed E-state index contributed by atoms with van der Waals surface area (Å²) in [6, 6.07) is 9.43. The number of benzene rings is 1. The molecule has 1 saturated carbocycles. The first-order chi connectivity index (χ1) is 18.4. The van der Waals surface area contributed by atoms with Gasteiger partial charge in [0.2, 0.25) is 5.88 Å². The third-order valence-electron chi connectivity index (χ3n) is 7.17. The minimum absolute atomic E-state index is 0.0150. The Bertz CT molecular complexity index is 1510. The Hall–Kier alpha value is -3.56. The van der Waals surface area contributed by atoms with Crippen LogP contribution in [0.15, 0.2) is 42.9 Å². The number of nitrogens with one attached hydrogen (secondary N) is 1. The van der Waals surface area contributed by atoms with E-state index < -0.39 is 0 Å². The van der Waals surface area contributed by atoms with Gasteiger partial charge < -0.3 is 19.5 Å². The number of nitrogens with zero attached hydrogens (tertiary/aromatic N) is 6. The second-order valence-electron chi connectivity index (χ2n) is 10.3. The summed E-state index contributed by atoms with van der Waals surface area (Å²) in [4.78, 5) is 33.6. The Labute approximate surface area is 226 Å². The molecule has 1 N–H and O–H groups in total. The molecule has 3 aromatic heterocycles. The Morgan fingerprint density at radius 3 is 2.79 bits per heavy atom. The summed E-state index contributed by atoms with van der Waals surface area (Å²) in [5.41, 5.74) is 4.27. The highest BCUT2D eigenvalue weighted by atomic mass is 35.5. The Morgan fingerprint density at radius 2 is 2.00 bits per heavy atom. The number of amides is 1. The van der Waals surface area contributed by atoms with Gasteiger partial charge in [0.25, 0.3) is 5.91 Å². The number of aryl methyl sites for hydroxylation is 1. The van der Waals surface area contributed by atoms with E-state index in [1.807, 2.05) is 40.7 Å². The number of fused-ring (bicyclic) bond motifs is 1. The van der Waals surface area contributed by atoms with Crippen LogP contribution in [0.25, 0.3) is 22.6 Å². The summed E-state index contributed by atoms with van der Waals surface area (Å²) in [5.74, 6) is 1.07. The average molecular weight is 532 g/mol. The van der Waals surface area contributed by atoms with Crippen molar-refractivity contribution >= 4 is 28.7 Å². The van der Waals surface area contributed by atoms with Crippen molar-refractivity contribution in [3.05, 3.63) is 64.7 Å². The van der Waals surface area contributed by atoms with E-state index in [-0.39, 0.29) is 11.5 Å². The second-order valence-corrected chi connectivity index (χ2v) is 10.7. The van der Waals surface area contributed by atoms with Gasteiger partial charge in [0.05, 0.1) is 17.3 Å². The number of halogens is 1. The van der Waals surface area contributed by atoms with Gasteiger partial charge in [-0.25, -0.2) is 9.97 Å². The molecule has 196 valence electrons. The van der Waals surface area contributed by atoms with Crippen LogP contribution in [0.5, 0.6) is 5.88 Å². The predicted molar refractivity (Wildman–Crippen MR) is 146 cm³/mol. The molecule has 10 heteroatoms. The quantitative estimate of drug-likeness (QED) is 0.397. The van der Waals surface area contributed by atoms with Crippen molar-refractivity contribution in [1.29, 1.82) is 0 Å². The smallest absolute Gasteiger partial charge is 0.253 e. The molecule has 6 rings (SSSR count). The van der Waals surface area contributed by atoms with Crippen LogP contribution in [0.4, 0.5) is 0 Å². The molecule has 38 heavy (non-hydrogen) atoms. The van der Waals surface area contributed by atoms with Crippen LogP contribution < -0.4 is 10.1 Å². The number of hydrogen-bond donors (Lipinski definition) is 1. The van der Waals surface area contributed by atoms with E-state index in [2.05, 4.69) is 27.2 Å². The lowest BCUT2D eigenvalue weighted by Crippen LogP contribution is -2.34. The molecule has 4 heterocycles. The topological polar surface area (TPSA) is 98.1 Å². The predicted octanol–water partition coefficient (Wildman–Crippen LogP) is 4.27. The molecule has 0 unspecified atom stereocenters. The second kappa shape index (κ2) is 9.96. The summed E-state index contributed by atoms with van der Waals surface area (Å²) >= 11 is 6.84. The molecule has 1 aliphatic heterocycles. The lowest BCUT2D eigenvalue weighted by atomic mass is 10.1. The molecule has 1 aliphatic carbocycles. The van der Waals surface area contributed by atoms with Crippen molar-refractivity contribution in [3.8, 4) is 17.3 Å². The zero-order valence-electron chi connectivity index (χ0n) is 21.6. The highest BCUT2D eigenvalue weighted by Crippen LogP contribution is 2.41. The van der Waals surface area contributed by atoms with E-state index in [1.165, 1.54) is 6.33 Å². The van der Waals surface area contributed by atoms with Gasteiger partial charge in [0, 0.05) is 37.0 Å². The molecule has 0 atom stereocenters. The molecule has 4 aromatic rings. The molecule has 2 fully saturated rings. The number of aromatic nitrogens is 5. The largest absolute Gasteiger partial charge is 0.470 e. The fourth-order valence-corrected chi connectivity index (χ4v) is 5.03. The maximum Gasteiger partial charge on any atom is 0.253 e. The van der Waals surface area contributed by atoms with Gasteiger partial charge in [-0.3, -0.25) is 9.78 Å². The highest BCUT2D eigenvalue weighted by molar-refractivity contribution is 6.33. The van der Waals surface area contributed by atoms with Crippen LogP contribution in [0.2, 0.25) is 5.02 Å². The van der Waals surface area contributed by atoms with Crippen molar-refractivity contribution in [2.24, 2.45) is 0 Å². The van der Waals surface area contributed by atoms with Crippen LogP contribution in [0.3, 0.4) is 0 Å². The first-order valence-electron chi connectivity index (χ1n) is 13.0. The molecule has 1 amide bonds. The number of imidazole rings is 1. The van der Waals surface area contributed by atoms with Crippen LogP contribution >= 0.6 is 11.6 Å². The van der Waals surface area contributed by atoms with Gasteiger partial charge in [-0.15, -0.1) is 0 Å². The average Bonchev–Trinajstić information content (AvgIpc) is 3.61. The van der Waals surface area contributed by atoms with E-state index in [0.717, 1.165) is 50.2 Å². The van der Waals surface area contributed by atoms with Crippen LogP contribution in [0, 0.1) is 6.92 Å². The highest BCUT2D eigenvalue weighted by Gasteiger charge is 2.41. The van der Waals surface area contributed by atoms with Gasteiger partial charge >= 0.3 is 0 Å². The van der Waals surface area contributed by atoms with E-state index in [9.17, 15) is 4.79 Å². The molecule has 9 nitrogen and oxygen atoms in total. The monoisotopic (exact) mass is 531 g/mol. The van der Waals surface area contributed by atoms with Crippen LogP contribution in [0.1, 0.15) is 47.8 Å². The van der Waals surface area contributed by atoms with E-state index in [0.29, 0.717) is 52.1 Å². The molecule has 1 aromatic carbocycles. The number of rotatable bonds is 6. The maximum absolute atomic E-state index is 13.2. The van der Waals surface area contributed by atoms with Crippen molar-refractivity contribution in [2.75, 3.05) is 26.2 Å². The van der Waals surface area contributed by atoms with E-state index >= 15 is 0 Å². The number of carbonyl (C=O) groups is 1. The van der Waals surface area contributed by atoms with Gasteiger partial charge in [-0.2, -0.15) is 4.98 Å². The van der Waals surface area contributed by atoms with Gasteiger partial charge in [0.15, 0.2) is 11.2 Å². The minimum atomic E-state index is -0.216. The van der Waals surface area contributed by atoms with Crippen molar-refractivity contribution in [1.82, 2.24) is 34.7 Å². The normalized spacial score (nSPS) is 16.9. The molecule has 0 bridgehead atoms. The summed E-state index contributed by atoms with van der Waals surface area (Å²) in [6.07, 6.45) is 6.20.